The van der Waals surface area contributed by atoms with Crippen LogP contribution in [-0.2, 0) is 18.9 Å². The van der Waals surface area contributed by atoms with Gasteiger partial charge in [-0.1, -0.05) is 36.4 Å². The smallest absolute Gasteiger partial charge is 0.490 e. The van der Waals surface area contributed by atoms with E-state index in [4.69, 9.17) is 14.6 Å². The Morgan fingerprint density at radius 2 is 1.38 bits per heavy atom. The number of benzene rings is 2. The minimum atomic E-state index is -5.08. The topological polar surface area (TPSA) is 167 Å². The van der Waals surface area contributed by atoms with Crippen LogP contribution < -0.4 is 20.7 Å². The molecule has 13 nitrogen and oxygen atoms in total. The lowest BCUT2D eigenvalue weighted by Crippen LogP contribution is -2.41. The number of methoxy groups -OCH3 is 1. The number of ether oxygens (including phenoxy) is 1. The van der Waals surface area contributed by atoms with Crippen molar-refractivity contribution in [2.75, 3.05) is 43.9 Å². The third-order valence-electron chi connectivity index (χ3n) is 8.24. The average molecular weight is 739 g/mol. The summed E-state index contributed by atoms with van der Waals surface area (Å²) in [6, 6.07) is 18.2. The number of carbonyl (C=O) groups excluding carboxylic acids is 3. The highest BCUT2D eigenvalue weighted by molar-refractivity contribution is 6.07. The van der Waals surface area contributed by atoms with Crippen LogP contribution in [-0.4, -0.2) is 93.5 Å². The number of aliphatic hydroxyl groups excluding tert-OH is 1. The lowest BCUT2D eigenvalue weighted by Gasteiger charge is -2.29. The van der Waals surface area contributed by atoms with Crippen molar-refractivity contribution in [1.29, 1.82) is 0 Å². The van der Waals surface area contributed by atoms with Crippen LogP contribution >= 0.6 is 0 Å². The van der Waals surface area contributed by atoms with Crippen LogP contribution in [0.15, 0.2) is 73.1 Å². The first-order valence-corrected chi connectivity index (χ1v) is 16.5. The fourth-order valence-corrected chi connectivity index (χ4v) is 5.36. The minimum absolute atomic E-state index is 0.229. The number of rotatable bonds is 11. The number of hydrogen-bond donors (Lipinski definition) is 5. The molecule has 0 unspecified atom stereocenters. The van der Waals surface area contributed by atoms with E-state index in [1.165, 1.54) is 0 Å². The van der Waals surface area contributed by atoms with Gasteiger partial charge in [0.1, 0.15) is 17.1 Å². The third kappa shape index (κ3) is 11.8. The number of piperidine rings is 1. The molecule has 16 heteroatoms. The molecule has 5 rings (SSSR count). The molecule has 1 saturated heterocycles. The average Bonchev–Trinajstić information content (AvgIpc) is 3.68. The van der Waals surface area contributed by atoms with Crippen LogP contribution in [0, 0.1) is 0 Å². The minimum Gasteiger partial charge on any atom is -0.497 e. The van der Waals surface area contributed by atoms with Gasteiger partial charge in [0, 0.05) is 58.2 Å². The Morgan fingerprint density at radius 3 is 1.94 bits per heavy atom. The van der Waals surface area contributed by atoms with Crippen molar-refractivity contribution in [3.05, 3.63) is 101 Å². The van der Waals surface area contributed by atoms with E-state index in [1.54, 1.807) is 67.0 Å². The fourth-order valence-electron chi connectivity index (χ4n) is 5.36. The number of anilines is 2. The molecule has 3 heterocycles. The van der Waals surface area contributed by atoms with Crippen molar-refractivity contribution in [2.24, 2.45) is 14.1 Å². The maximum atomic E-state index is 13.1. The van der Waals surface area contributed by atoms with Crippen LogP contribution in [0.4, 0.5) is 24.5 Å². The number of halogens is 3. The largest absolute Gasteiger partial charge is 0.497 e. The number of amides is 3. The number of carbonyl (C=O) groups is 4. The first kappa shape index (κ1) is 39.9. The van der Waals surface area contributed by atoms with Gasteiger partial charge >= 0.3 is 12.1 Å². The Bertz CT molecular complexity index is 1930. The standard InChI is InChI=1S/C35H40N6O5.C2HF3O2/c1-39-23-28(20-31(39)34(44)36-15-18-41-16-13-29(42)14-17-41)38-35(45)32-21-27(22-40(32)2)37-33(43)26-11-9-24(10-12-26)7-8-25-5-4-6-30(19-25)46-3;3-2(4,5)1(6)7/h4-12,19-23,29,42H,13-18H2,1-3H3,(H,36,44)(H,37,43)(H,38,45);(H,6,7)/b8-7+;. The monoisotopic (exact) mass is 738 g/mol. The van der Waals surface area contributed by atoms with Crippen LogP contribution in [0.3, 0.4) is 0 Å². The van der Waals surface area contributed by atoms with E-state index in [-0.39, 0.29) is 23.8 Å². The van der Waals surface area contributed by atoms with Gasteiger partial charge in [0.15, 0.2) is 0 Å². The summed E-state index contributed by atoms with van der Waals surface area (Å²) in [4.78, 5) is 49.9. The molecule has 0 saturated carbocycles. The number of aromatic nitrogens is 2. The van der Waals surface area contributed by atoms with Crippen LogP contribution in [0.2, 0.25) is 0 Å². The molecule has 0 bridgehead atoms. The van der Waals surface area contributed by atoms with Gasteiger partial charge in [-0.05, 0) is 60.4 Å². The predicted molar refractivity (Wildman–Crippen MR) is 193 cm³/mol. The number of likely N-dealkylation sites (tertiary alicyclic amines) is 1. The zero-order valence-corrected chi connectivity index (χ0v) is 29.3. The van der Waals surface area contributed by atoms with E-state index < -0.39 is 12.1 Å². The van der Waals surface area contributed by atoms with Gasteiger partial charge in [-0.2, -0.15) is 13.2 Å². The van der Waals surface area contributed by atoms with Crippen molar-refractivity contribution in [3.63, 3.8) is 0 Å². The first-order valence-electron chi connectivity index (χ1n) is 16.5. The molecule has 1 aliphatic rings. The van der Waals surface area contributed by atoms with E-state index in [9.17, 15) is 32.7 Å². The molecule has 2 aromatic carbocycles. The van der Waals surface area contributed by atoms with E-state index in [0.29, 0.717) is 41.4 Å². The maximum absolute atomic E-state index is 13.1. The van der Waals surface area contributed by atoms with Crippen molar-refractivity contribution in [2.45, 2.75) is 25.1 Å². The molecule has 0 atom stereocenters. The molecule has 1 aliphatic heterocycles. The molecule has 2 aromatic heterocycles. The van der Waals surface area contributed by atoms with Crippen LogP contribution in [0.25, 0.3) is 12.2 Å². The van der Waals surface area contributed by atoms with Crippen molar-refractivity contribution in [3.8, 4) is 5.75 Å². The van der Waals surface area contributed by atoms with E-state index >= 15 is 0 Å². The van der Waals surface area contributed by atoms with Gasteiger partial charge in [0.2, 0.25) is 0 Å². The zero-order valence-electron chi connectivity index (χ0n) is 29.3. The highest BCUT2D eigenvalue weighted by atomic mass is 19.4. The third-order valence-corrected chi connectivity index (χ3v) is 8.24. The lowest BCUT2D eigenvalue weighted by atomic mass is 10.1. The summed E-state index contributed by atoms with van der Waals surface area (Å²) in [6.07, 6.45) is 3.48. The molecule has 282 valence electrons. The maximum Gasteiger partial charge on any atom is 0.490 e. The molecule has 53 heavy (non-hydrogen) atoms. The Morgan fingerprint density at radius 1 is 0.830 bits per heavy atom. The number of nitrogens with one attached hydrogen (secondary N) is 3. The van der Waals surface area contributed by atoms with Gasteiger partial charge in [-0.3, -0.25) is 14.4 Å². The second kappa shape index (κ2) is 18.1. The number of carboxylic acid groups (broad SMARTS) is 1. The van der Waals surface area contributed by atoms with Crippen molar-refractivity contribution in [1.82, 2.24) is 19.4 Å². The Balaban J connectivity index is 0.000000815. The summed E-state index contributed by atoms with van der Waals surface area (Å²) in [5, 5.41) is 25.4. The summed E-state index contributed by atoms with van der Waals surface area (Å²) >= 11 is 0. The van der Waals surface area contributed by atoms with Gasteiger partial charge in [0.25, 0.3) is 17.7 Å². The number of hydrogen-bond acceptors (Lipinski definition) is 7. The summed E-state index contributed by atoms with van der Waals surface area (Å²) in [6.45, 7) is 2.84. The number of alkyl halides is 3. The van der Waals surface area contributed by atoms with Crippen molar-refractivity contribution >= 4 is 47.2 Å². The summed E-state index contributed by atoms with van der Waals surface area (Å²) < 4.78 is 40.3. The summed E-state index contributed by atoms with van der Waals surface area (Å²) in [5.41, 5.74) is 4.16. The van der Waals surface area contributed by atoms with E-state index in [0.717, 1.165) is 42.8 Å². The van der Waals surface area contributed by atoms with Crippen LogP contribution in [0.1, 0.15) is 55.3 Å². The molecular formula is C37H41F3N6O7. The zero-order chi connectivity index (χ0) is 38.7. The molecule has 4 aromatic rings. The second-order valence-corrected chi connectivity index (χ2v) is 12.2. The molecule has 3 amide bonds. The van der Waals surface area contributed by atoms with Gasteiger partial charge in [0.05, 0.1) is 24.6 Å². The Hall–Kier alpha value is -5.87. The summed E-state index contributed by atoms with van der Waals surface area (Å²) in [7, 11) is 5.10. The molecule has 5 N–H and O–H groups in total. The second-order valence-electron chi connectivity index (χ2n) is 12.2. The molecule has 0 spiro atoms. The number of nitrogens with zero attached hydrogens (tertiary/aromatic N) is 3. The highest BCUT2D eigenvalue weighted by Crippen LogP contribution is 2.20. The van der Waals surface area contributed by atoms with Gasteiger partial charge < -0.3 is 44.9 Å². The Labute approximate surface area is 303 Å². The van der Waals surface area contributed by atoms with Crippen molar-refractivity contribution < 1.29 is 47.3 Å². The molecular weight excluding hydrogens is 697 g/mol. The quantitative estimate of drug-likeness (QED) is 0.136. The van der Waals surface area contributed by atoms with Crippen LogP contribution in [0.5, 0.6) is 5.75 Å². The Kier molecular flexibility index (Phi) is 13.6. The fraction of sp³-hybridized carbons (Fsp3) is 0.297. The molecule has 0 aliphatic carbocycles. The molecule has 0 radical (unpaired) electrons. The lowest BCUT2D eigenvalue weighted by molar-refractivity contribution is -0.192. The highest BCUT2D eigenvalue weighted by Gasteiger charge is 2.38. The number of aryl methyl sites for hydroxylation is 2. The number of aliphatic hydroxyl groups is 1. The molecule has 1 fully saturated rings. The van der Waals surface area contributed by atoms with Gasteiger partial charge in [-0.25, -0.2) is 4.79 Å². The van der Waals surface area contributed by atoms with Gasteiger partial charge in [-0.15, -0.1) is 0 Å². The first-order chi connectivity index (χ1) is 25.1. The number of aliphatic carboxylic acids is 1. The normalized spacial score (nSPS) is 13.6. The predicted octanol–water partition coefficient (Wildman–Crippen LogP) is 4.87. The summed E-state index contributed by atoms with van der Waals surface area (Å²) in [5.74, 6) is -2.87. The van der Waals surface area contributed by atoms with E-state index in [1.807, 2.05) is 48.6 Å². The number of carboxylic acids is 1. The SMILES string of the molecule is COc1cccc(/C=C/c2ccc(C(=O)Nc3cc(C(=O)Nc4cc(C(=O)NCCN5CCC(O)CC5)n(C)c4)n(C)c3)cc2)c1.O=C(O)C(F)(F)F. The van der Waals surface area contributed by atoms with E-state index in [2.05, 4.69) is 20.9 Å².